The number of allylic oxidation sites excluding steroid dienone is 1. The quantitative estimate of drug-likeness (QED) is 0.403. The largest absolute Gasteiger partial charge is 0.384 e. The first-order valence-electron chi connectivity index (χ1n) is 3.65. The maximum absolute atomic E-state index is 12.9. The van der Waals surface area contributed by atoms with Crippen LogP contribution in [0.5, 0.6) is 0 Å². The first-order valence-corrected chi connectivity index (χ1v) is 3.65. The molecule has 0 aromatic carbocycles. The van der Waals surface area contributed by atoms with Gasteiger partial charge in [0.25, 0.3) is 0 Å². The molecule has 0 amide bonds. The molecule has 0 heterocycles. The van der Waals surface area contributed by atoms with E-state index in [2.05, 4.69) is 0 Å². The summed E-state index contributed by atoms with van der Waals surface area (Å²) in [5, 5.41) is -3.10. The van der Waals surface area contributed by atoms with Gasteiger partial charge in [-0.25, -0.2) is 8.78 Å². The molecule has 1 atom stereocenters. The highest BCUT2D eigenvalue weighted by Gasteiger charge is 2.85. The smallest absolute Gasteiger partial charge is 0.209 e. The molecule has 0 saturated heterocycles. The second-order valence-electron chi connectivity index (χ2n) is 3.12. The van der Waals surface area contributed by atoms with Gasteiger partial charge in [0.2, 0.25) is 0 Å². The number of hydrogen-bond donors (Lipinski definition) is 0. The molecule has 0 N–H and O–H groups in total. The fourth-order valence-electron chi connectivity index (χ4n) is 1.07. The summed E-state index contributed by atoms with van der Waals surface area (Å²) in [6, 6.07) is 0. The van der Waals surface area contributed by atoms with Crippen LogP contribution in [0.2, 0.25) is 0 Å². The van der Waals surface area contributed by atoms with Crippen LogP contribution in [-0.2, 0) is 0 Å². The zero-order valence-corrected chi connectivity index (χ0v) is 7.30. The molecule has 1 aliphatic carbocycles. The van der Waals surface area contributed by atoms with Crippen molar-refractivity contribution in [3.8, 4) is 0 Å². The predicted molar refractivity (Wildman–Crippen MR) is 31.9 cm³/mol. The molecular formula is C6HF10N. The lowest BCUT2D eigenvalue weighted by Gasteiger charge is -2.41. The summed E-state index contributed by atoms with van der Waals surface area (Å²) in [4.78, 5) is 0. The van der Waals surface area contributed by atoms with Crippen molar-refractivity contribution < 1.29 is 44.1 Å². The molecule has 0 spiro atoms. The van der Waals surface area contributed by atoms with Gasteiger partial charge in [0.05, 0.1) is 5.34 Å². The van der Waals surface area contributed by atoms with E-state index in [-0.39, 0.29) is 0 Å². The lowest BCUT2D eigenvalue weighted by atomic mass is 9.88. The van der Waals surface area contributed by atoms with Crippen LogP contribution in [0.1, 0.15) is 0 Å². The minimum atomic E-state index is -6.65. The molecule has 1 nitrogen and oxygen atoms in total. The Morgan fingerprint density at radius 3 is 1.59 bits per heavy atom. The van der Waals surface area contributed by atoms with Crippen molar-refractivity contribution in [2.24, 2.45) is 0 Å². The zero-order valence-electron chi connectivity index (χ0n) is 7.30. The normalized spacial score (nSPS) is 34.6. The van der Waals surface area contributed by atoms with Crippen LogP contribution in [0.15, 0.2) is 11.9 Å². The summed E-state index contributed by atoms with van der Waals surface area (Å²) in [6.45, 7) is 0. The highest BCUT2D eigenvalue weighted by atomic mass is 19.4. The monoisotopic (exact) mass is 277 g/mol. The van der Waals surface area contributed by atoms with E-state index in [1.807, 2.05) is 0 Å². The van der Waals surface area contributed by atoms with E-state index >= 15 is 0 Å². The van der Waals surface area contributed by atoms with E-state index in [4.69, 9.17) is 0 Å². The molecule has 0 aromatic rings. The summed E-state index contributed by atoms with van der Waals surface area (Å²) >= 11 is 0. The second kappa shape index (κ2) is 3.27. The third-order valence-corrected chi connectivity index (χ3v) is 2.09. The predicted octanol–water partition coefficient (Wildman–Crippen LogP) is 3.50. The maximum Gasteiger partial charge on any atom is 0.384 e. The third-order valence-electron chi connectivity index (χ3n) is 2.09. The second-order valence-corrected chi connectivity index (χ2v) is 3.12. The lowest BCUT2D eigenvalue weighted by Crippen LogP contribution is -2.69. The SMILES string of the molecule is FC1=CC(F)(N(F)F)C(F)(F)C(F)(F)C1(F)F. The fourth-order valence-corrected chi connectivity index (χ4v) is 1.07. The summed E-state index contributed by atoms with van der Waals surface area (Å²) in [7, 11) is 0. The average Bonchev–Trinajstić information content (AvgIpc) is 2.14. The van der Waals surface area contributed by atoms with E-state index < -0.39 is 40.8 Å². The van der Waals surface area contributed by atoms with Crippen LogP contribution in [0, 0.1) is 0 Å². The molecule has 0 aliphatic heterocycles. The zero-order chi connectivity index (χ0) is 13.9. The molecular weight excluding hydrogens is 276 g/mol. The van der Waals surface area contributed by atoms with Gasteiger partial charge in [-0.3, -0.25) is 0 Å². The number of rotatable bonds is 1. The van der Waals surface area contributed by atoms with Gasteiger partial charge >= 0.3 is 23.6 Å². The lowest BCUT2D eigenvalue weighted by molar-refractivity contribution is -0.405. The van der Waals surface area contributed by atoms with E-state index in [0.29, 0.717) is 0 Å². The van der Waals surface area contributed by atoms with Crippen molar-refractivity contribution in [2.75, 3.05) is 0 Å². The highest BCUT2D eigenvalue weighted by Crippen LogP contribution is 2.59. The Bertz CT molecular complexity index is 360. The van der Waals surface area contributed by atoms with Crippen molar-refractivity contribution in [3.63, 3.8) is 0 Å². The van der Waals surface area contributed by atoms with E-state index in [9.17, 15) is 44.1 Å². The first kappa shape index (κ1) is 14.1. The Morgan fingerprint density at radius 1 is 0.824 bits per heavy atom. The Morgan fingerprint density at radius 2 is 1.24 bits per heavy atom. The van der Waals surface area contributed by atoms with Crippen LogP contribution in [0.4, 0.5) is 44.1 Å². The highest BCUT2D eigenvalue weighted by molar-refractivity contribution is 5.28. The molecule has 100 valence electrons. The summed E-state index contributed by atoms with van der Waals surface area (Å²) in [5.41, 5.74) is 0. The van der Waals surface area contributed by atoms with Crippen molar-refractivity contribution in [1.29, 1.82) is 0 Å². The molecule has 11 heteroatoms. The molecule has 0 saturated carbocycles. The molecule has 1 rings (SSSR count). The molecule has 1 unspecified atom stereocenters. The average molecular weight is 277 g/mol. The van der Waals surface area contributed by atoms with E-state index in [1.165, 1.54) is 0 Å². The van der Waals surface area contributed by atoms with Crippen molar-refractivity contribution in [2.45, 2.75) is 23.6 Å². The van der Waals surface area contributed by atoms with Crippen molar-refractivity contribution >= 4 is 0 Å². The van der Waals surface area contributed by atoms with Gasteiger partial charge in [-0.1, -0.05) is 8.96 Å². The Labute approximate surface area is 86.2 Å². The maximum atomic E-state index is 12.9. The van der Waals surface area contributed by atoms with Gasteiger partial charge in [0, 0.05) is 6.08 Å². The van der Waals surface area contributed by atoms with Crippen molar-refractivity contribution in [3.05, 3.63) is 11.9 Å². The van der Waals surface area contributed by atoms with Gasteiger partial charge in [0.1, 0.15) is 0 Å². The molecule has 1 aliphatic rings. The Kier molecular flexibility index (Phi) is 2.70. The summed E-state index contributed by atoms with van der Waals surface area (Å²) in [5.74, 6) is -28.3. The van der Waals surface area contributed by atoms with Gasteiger partial charge in [-0.05, 0) is 0 Å². The number of hydrogen-bond acceptors (Lipinski definition) is 1. The van der Waals surface area contributed by atoms with Gasteiger partial charge < -0.3 is 0 Å². The Balaban J connectivity index is 3.57. The minimum absolute atomic E-state index is 1.58. The molecule has 17 heavy (non-hydrogen) atoms. The molecule has 0 radical (unpaired) electrons. The third kappa shape index (κ3) is 1.37. The van der Waals surface area contributed by atoms with E-state index in [1.54, 1.807) is 0 Å². The van der Waals surface area contributed by atoms with Crippen LogP contribution in [0.3, 0.4) is 0 Å². The van der Waals surface area contributed by atoms with Crippen LogP contribution >= 0.6 is 0 Å². The standard InChI is InChI=1S/C6HF10N/c7-2-1-3(8,17(15)16)5(11,12)6(13,14)4(2,9)10/h1H. The number of alkyl halides is 7. The summed E-state index contributed by atoms with van der Waals surface area (Å²) < 4.78 is 124. The fraction of sp³-hybridized carbons (Fsp3) is 0.667. The molecule has 0 fully saturated rings. The number of halogens is 10. The van der Waals surface area contributed by atoms with Crippen LogP contribution in [0.25, 0.3) is 0 Å². The van der Waals surface area contributed by atoms with Crippen LogP contribution < -0.4 is 0 Å². The topological polar surface area (TPSA) is 3.24 Å². The molecule has 0 bridgehead atoms. The number of nitrogens with zero attached hydrogens (tertiary/aromatic N) is 1. The summed E-state index contributed by atoms with van der Waals surface area (Å²) in [6.07, 6.45) is -1.58. The molecule has 0 aromatic heterocycles. The van der Waals surface area contributed by atoms with Gasteiger partial charge in [-0.15, -0.1) is 0 Å². The first-order chi connectivity index (χ1) is 7.32. The Hall–Kier alpha value is -1.00. The van der Waals surface area contributed by atoms with Gasteiger partial charge in [-0.2, -0.15) is 26.3 Å². The van der Waals surface area contributed by atoms with Crippen molar-refractivity contribution in [1.82, 2.24) is 5.34 Å². The minimum Gasteiger partial charge on any atom is -0.209 e. The van der Waals surface area contributed by atoms with Gasteiger partial charge in [0.15, 0.2) is 5.83 Å². The van der Waals surface area contributed by atoms with E-state index in [0.717, 1.165) is 0 Å². The van der Waals surface area contributed by atoms with Crippen LogP contribution in [-0.4, -0.2) is 28.9 Å².